The van der Waals surface area contributed by atoms with E-state index in [1.54, 1.807) is 0 Å². The Morgan fingerprint density at radius 2 is 1.86 bits per heavy atom. The highest BCUT2D eigenvalue weighted by Crippen LogP contribution is 2.32. The zero-order chi connectivity index (χ0) is 15.5. The van der Waals surface area contributed by atoms with Crippen LogP contribution in [0.3, 0.4) is 0 Å². The largest absolute Gasteiger partial charge is 0.388 e. The summed E-state index contributed by atoms with van der Waals surface area (Å²) >= 11 is 0. The van der Waals surface area contributed by atoms with Gasteiger partial charge in [0.05, 0.1) is 5.60 Å². The highest BCUT2D eigenvalue weighted by Gasteiger charge is 2.31. The van der Waals surface area contributed by atoms with Crippen molar-refractivity contribution in [3.05, 3.63) is 11.4 Å². The van der Waals surface area contributed by atoms with Crippen LogP contribution in [0, 0.1) is 12.8 Å². The van der Waals surface area contributed by atoms with E-state index in [9.17, 15) is 5.11 Å². The van der Waals surface area contributed by atoms with Crippen molar-refractivity contribution in [1.82, 2.24) is 9.97 Å². The third-order valence-corrected chi connectivity index (χ3v) is 4.54. The number of nitrogens with one attached hydrogen (secondary N) is 2. The molecule has 0 spiro atoms. The lowest BCUT2D eigenvalue weighted by atomic mass is 9.79. The van der Waals surface area contributed by atoms with Crippen LogP contribution in [-0.4, -0.2) is 34.3 Å². The molecular formula is C16H28N4O. The van der Waals surface area contributed by atoms with Crippen LogP contribution in [0.4, 0.5) is 11.6 Å². The Bertz CT molecular complexity index is 481. The molecule has 0 amide bonds. The Balaban J connectivity index is 2.09. The van der Waals surface area contributed by atoms with Gasteiger partial charge in [-0.1, -0.05) is 13.8 Å². The molecule has 5 nitrogen and oxygen atoms in total. The lowest BCUT2D eigenvalue weighted by molar-refractivity contribution is 0.00493. The minimum atomic E-state index is -0.601. The fraction of sp³-hybridized carbons (Fsp3) is 0.750. The molecule has 3 N–H and O–H groups in total. The minimum absolute atomic E-state index is 0.559. The van der Waals surface area contributed by atoms with Crippen molar-refractivity contribution in [2.75, 3.05) is 24.2 Å². The second-order valence-electron chi connectivity index (χ2n) is 6.33. The average molecular weight is 292 g/mol. The van der Waals surface area contributed by atoms with Crippen molar-refractivity contribution in [3.63, 3.8) is 0 Å². The molecule has 5 heteroatoms. The van der Waals surface area contributed by atoms with Crippen LogP contribution < -0.4 is 10.6 Å². The summed E-state index contributed by atoms with van der Waals surface area (Å²) in [7, 11) is 1.87. The summed E-state index contributed by atoms with van der Waals surface area (Å²) in [6.45, 7) is 6.86. The van der Waals surface area contributed by atoms with E-state index < -0.39 is 5.60 Å². The predicted octanol–water partition coefficient (Wildman–Crippen LogP) is 2.74. The number of aryl methyl sites for hydroxylation is 1. The van der Waals surface area contributed by atoms with Gasteiger partial charge in [0.1, 0.15) is 17.5 Å². The highest BCUT2D eigenvalue weighted by atomic mass is 16.3. The van der Waals surface area contributed by atoms with Crippen LogP contribution in [0.2, 0.25) is 0 Å². The summed E-state index contributed by atoms with van der Waals surface area (Å²) in [4.78, 5) is 9.02. The van der Waals surface area contributed by atoms with Crippen molar-refractivity contribution in [2.45, 2.75) is 58.5 Å². The SMILES string of the molecule is CCc1nc(NC)c(C)c(NCC2(O)CCC(C)CC2)n1. The van der Waals surface area contributed by atoms with Crippen LogP contribution in [0.25, 0.3) is 0 Å². The van der Waals surface area contributed by atoms with E-state index in [1.165, 1.54) is 0 Å². The van der Waals surface area contributed by atoms with Crippen molar-refractivity contribution in [1.29, 1.82) is 0 Å². The number of hydrogen-bond acceptors (Lipinski definition) is 5. The Kier molecular flexibility index (Phi) is 5.04. The van der Waals surface area contributed by atoms with Gasteiger partial charge in [-0.05, 0) is 38.5 Å². The summed E-state index contributed by atoms with van der Waals surface area (Å²) < 4.78 is 0. The third kappa shape index (κ3) is 3.84. The van der Waals surface area contributed by atoms with E-state index in [2.05, 4.69) is 27.5 Å². The van der Waals surface area contributed by atoms with Crippen molar-refractivity contribution in [2.24, 2.45) is 5.92 Å². The summed E-state index contributed by atoms with van der Waals surface area (Å²) in [6, 6.07) is 0. The van der Waals surface area contributed by atoms with Crippen molar-refractivity contribution < 1.29 is 5.11 Å². The smallest absolute Gasteiger partial charge is 0.134 e. The molecule has 2 rings (SSSR count). The van der Waals surface area contributed by atoms with Gasteiger partial charge < -0.3 is 15.7 Å². The van der Waals surface area contributed by atoms with Gasteiger partial charge in [-0.2, -0.15) is 0 Å². The van der Waals surface area contributed by atoms with Gasteiger partial charge in [0.2, 0.25) is 0 Å². The van der Waals surface area contributed by atoms with Crippen LogP contribution in [0.15, 0.2) is 0 Å². The normalized spacial score (nSPS) is 25.7. The van der Waals surface area contributed by atoms with Crippen molar-refractivity contribution >= 4 is 11.6 Å². The first-order valence-corrected chi connectivity index (χ1v) is 7.99. The van der Waals surface area contributed by atoms with Gasteiger partial charge in [-0.25, -0.2) is 9.97 Å². The average Bonchev–Trinajstić information content (AvgIpc) is 2.49. The Hall–Kier alpha value is -1.36. The first-order valence-electron chi connectivity index (χ1n) is 7.99. The minimum Gasteiger partial charge on any atom is -0.388 e. The Labute approximate surface area is 127 Å². The number of anilines is 2. The molecule has 1 heterocycles. The Morgan fingerprint density at radius 1 is 1.24 bits per heavy atom. The molecule has 1 aliphatic carbocycles. The Morgan fingerprint density at radius 3 is 2.43 bits per heavy atom. The van der Waals surface area contributed by atoms with Gasteiger partial charge in [-0.15, -0.1) is 0 Å². The molecular weight excluding hydrogens is 264 g/mol. The monoisotopic (exact) mass is 292 g/mol. The number of rotatable bonds is 5. The molecule has 0 aliphatic heterocycles. The molecule has 0 unspecified atom stereocenters. The third-order valence-electron chi connectivity index (χ3n) is 4.54. The fourth-order valence-electron chi connectivity index (χ4n) is 2.86. The van der Waals surface area contributed by atoms with Crippen LogP contribution >= 0.6 is 0 Å². The van der Waals surface area contributed by atoms with Crippen LogP contribution in [-0.2, 0) is 6.42 Å². The number of aliphatic hydroxyl groups is 1. The lowest BCUT2D eigenvalue weighted by Gasteiger charge is -2.35. The van der Waals surface area contributed by atoms with Gasteiger partial charge in [0.25, 0.3) is 0 Å². The molecule has 0 aromatic carbocycles. The zero-order valence-corrected chi connectivity index (χ0v) is 13.7. The molecule has 0 bridgehead atoms. The summed E-state index contributed by atoms with van der Waals surface area (Å²) in [6.07, 6.45) is 4.73. The molecule has 1 aromatic heterocycles. The van der Waals surface area contributed by atoms with Crippen LogP contribution in [0.5, 0.6) is 0 Å². The van der Waals surface area contributed by atoms with Gasteiger partial charge in [0, 0.05) is 25.6 Å². The maximum Gasteiger partial charge on any atom is 0.134 e. The van der Waals surface area contributed by atoms with E-state index in [4.69, 9.17) is 0 Å². The van der Waals surface area contributed by atoms with E-state index in [0.29, 0.717) is 6.54 Å². The first kappa shape index (κ1) is 16.0. The summed E-state index contributed by atoms with van der Waals surface area (Å²) in [5.74, 6) is 3.23. The second kappa shape index (κ2) is 6.60. The van der Waals surface area contributed by atoms with E-state index in [1.807, 2.05) is 20.9 Å². The maximum absolute atomic E-state index is 10.7. The van der Waals surface area contributed by atoms with E-state index >= 15 is 0 Å². The first-order chi connectivity index (χ1) is 9.97. The van der Waals surface area contributed by atoms with Gasteiger partial charge >= 0.3 is 0 Å². The molecule has 1 aromatic rings. The second-order valence-corrected chi connectivity index (χ2v) is 6.33. The standard InChI is InChI=1S/C16H28N4O/c1-5-13-19-14(17-4)12(3)15(20-13)18-10-16(21)8-6-11(2)7-9-16/h11,21H,5-10H2,1-4H3,(H2,17,18,19,20). The lowest BCUT2D eigenvalue weighted by Crippen LogP contribution is -2.40. The number of hydrogen-bond donors (Lipinski definition) is 3. The molecule has 0 atom stereocenters. The van der Waals surface area contributed by atoms with Gasteiger partial charge in [0.15, 0.2) is 0 Å². The molecule has 0 saturated heterocycles. The zero-order valence-electron chi connectivity index (χ0n) is 13.7. The topological polar surface area (TPSA) is 70.1 Å². The summed E-state index contributed by atoms with van der Waals surface area (Å²) in [5.41, 5.74) is 0.401. The van der Waals surface area contributed by atoms with E-state index in [0.717, 1.165) is 61.0 Å². The molecule has 21 heavy (non-hydrogen) atoms. The van der Waals surface area contributed by atoms with Crippen molar-refractivity contribution in [3.8, 4) is 0 Å². The fourth-order valence-corrected chi connectivity index (χ4v) is 2.86. The molecule has 1 saturated carbocycles. The van der Waals surface area contributed by atoms with E-state index in [-0.39, 0.29) is 0 Å². The molecule has 1 aliphatic rings. The van der Waals surface area contributed by atoms with Gasteiger partial charge in [-0.3, -0.25) is 0 Å². The number of nitrogens with zero attached hydrogens (tertiary/aromatic N) is 2. The quantitative estimate of drug-likeness (QED) is 0.778. The molecule has 118 valence electrons. The molecule has 1 fully saturated rings. The number of aromatic nitrogens is 2. The highest BCUT2D eigenvalue weighted by molar-refractivity contribution is 5.57. The summed E-state index contributed by atoms with van der Waals surface area (Å²) in [5, 5.41) is 17.1. The predicted molar refractivity (Wildman–Crippen MR) is 86.8 cm³/mol. The molecule has 0 radical (unpaired) electrons. The maximum atomic E-state index is 10.7. The van der Waals surface area contributed by atoms with Crippen LogP contribution in [0.1, 0.15) is 50.9 Å².